The highest BCUT2D eigenvalue weighted by Gasteiger charge is 2.16. The average molecular weight is 239 g/mol. The molecule has 1 aromatic heterocycles. The first-order valence-electron chi connectivity index (χ1n) is 6.56. The minimum atomic E-state index is 0.259. The summed E-state index contributed by atoms with van der Waals surface area (Å²) in [5, 5.41) is 7.95. The van der Waals surface area contributed by atoms with Gasteiger partial charge in [-0.2, -0.15) is 5.10 Å². The minimum absolute atomic E-state index is 0.259. The van der Waals surface area contributed by atoms with Gasteiger partial charge in [0.1, 0.15) is 0 Å². The van der Waals surface area contributed by atoms with Gasteiger partial charge in [0.2, 0.25) is 0 Å². The van der Waals surface area contributed by atoms with Gasteiger partial charge in [-0.25, -0.2) is 0 Å². The first-order chi connectivity index (χ1) is 8.22. The van der Waals surface area contributed by atoms with Crippen LogP contribution in [0.1, 0.15) is 44.5 Å². The molecule has 1 N–H and O–H groups in total. The third-order valence-corrected chi connectivity index (χ3v) is 2.73. The lowest BCUT2D eigenvalue weighted by atomic mass is 10.1. The summed E-state index contributed by atoms with van der Waals surface area (Å²) in [6.45, 7) is 8.88. The zero-order valence-corrected chi connectivity index (χ0v) is 11.5. The van der Waals surface area contributed by atoms with Crippen molar-refractivity contribution in [2.75, 3.05) is 19.8 Å². The van der Waals surface area contributed by atoms with Crippen LogP contribution in [0.4, 0.5) is 0 Å². The molecule has 0 saturated carbocycles. The zero-order chi connectivity index (χ0) is 12.7. The molecule has 17 heavy (non-hydrogen) atoms. The molecular weight excluding hydrogens is 214 g/mol. The number of rotatable bonds is 8. The van der Waals surface area contributed by atoms with E-state index in [1.165, 1.54) is 11.3 Å². The normalized spacial score (nSPS) is 12.9. The number of aryl methyl sites for hydroxylation is 2. The quantitative estimate of drug-likeness (QED) is 0.706. The Hall–Kier alpha value is -0.870. The number of ether oxygens (including phenoxy) is 1. The van der Waals surface area contributed by atoms with E-state index in [2.05, 4.69) is 37.4 Å². The van der Waals surface area contributed by atoms with E-state index in [1.807, 2.05) is 11.7 Å². The fourth-order valence-electron chi connectivity index (χ4n) is 1.97. The number of likely N-dealkylation sites (N-methyl/N-ethyl adjacent to an activating group) is 1. The standard InChI is InChI=1S/C13H25N3O/c1-5-8-17-10-13(14-7-3)11-9-16(4)15-12(11)6-2/h9,13-14H,5-8,10H2,1-4H3. The highest BCUT2D eigenvalue weighted by atomic mass is 16.5. The van der Waals surface area contributed by atoms with E-state index in [-0.39, 0.29) is 6.04 Å². The highest BCUT2D eigenvalue weighted by Crippen LogP contribution is 2.18. The van der Waals surface area contributed by atoms with E-state index < -0.39 is 0 Å². The molecule has 0 fully saturated rings. The van der Waals surface area contributed by atoms with Crippen molar-refractivity contribution >= 4 is 0 Å². The summed E-state index contributed by atoms with van der Waals surface area (Å²) in [5.74, 6) is 0. The van der Waals surface area contributed by atoms with Crippen molar-refractivity contribution in [1.29, 1.82) is 0 Å². The van der Waals surface area contributed by atoms with E-state index in [4.69, 9.17) is 4.74 Å². The Morgan fingerprint density at radius 1 is 1.41 bits per heavy atom. The van der Waals surface area contributed by atoms with Crippen LogP contribution in [0.25, 0.3) is 0 Å². The molecule has 1 heterocycles. The van der Waals surface area contributed by atoms with Crippen LogP contribution in [0.5, 0.6) is 0 Å². The molecule has 0 aliphatic carbocycles. The molecule has 98 valence electrons. The second-order valence-corrected chi connectivity index (χ2v) is 4.24. The predicted molar refractivity (Wildman–Crippen MR) is 70.1 cm³/mol. The third-order valence-electron chi connectivity index (χ3n) is 2.73. The van der Waals surface area contributed by atoms with Gasteiger partial charge in [-0.3, -0.25) is 4.68 Å². The topological polar surface area (TPSA) is 39.1 Å². The van der Waals surface area contributed by atoms with Gasteiger partial charge in [0, 0.05) is 25.4 Å². The van der Waals surface area contributed by atoms with Crippen LogP contribution in [-0.4, -0.2) is 29.5 Å². The Bertz CT molecular complexity index is 322. The van der Waals surface area contributed by atoms with Crippen LogP contribution in [0, 0.1) is 0 Å². The summed E-state index contributed by atoms with van der Waals surface area (Å²) in [5.41, 5.74) is 2.44. The number of aromatic nitrogens is 2. The van der Waals surface area contributed by atoms with Crippen molar-refractivity contribution in [1.82, 2.24) is 15.1 Å². The molecule has 0 aliphatic rings. The van der Waals surface area contributed by atoms with E-state index >= 15 is 0 Å². The maximum Gasteiger partial charge on any atom is 0.0670 e. The molecule has 4 heteroatoms. The van der Waals surface area contributed by atoms with Crippen molar-refractivity contribution in [2.24, 2.45) is 7.05 Å². The summed E-state index contributed by atoms with van der Waals surface area (Å²) in [4.78, 5) is 0. The van der Waals surface area contributed by atoms with Gasteiger partial charge in [0.25, 0.3) is 0 Å². The summed E-state index contributed by atoms with van der Waals surface area (Å²) in [7, 11) is 1.97. The molecular formula is C13H25N3O. The van der Waals surface area contributed by atoms with Gasteiger partial charge in [-0.1, -0.05) is 20.8 Å². The molecule has 0 spiro atoms. The molecule has 0 saturated heterocycles. The Morgan fingerprint density at radius 2 is 2.18 bits per heavy atom. The third kappa shape index (κ3) is 4.13. The lowest BCUT2D eigenvalue weighted by Crippen LogP contribution is -2.26. The molecule has 1 aromatic rings. The summed E-state index contributed by atoms with van der Waals surface area (Å²) in [6.07, 6.45) is 4.12. The lowest BCUT2D eigenvalue weighted by Gasteiger charge is -2.17. The molecule has 1 unspecified atom stereocenters. The van der Waals surface area contributed by atoms with E-state index in [9.17, 15) is 0 Å². The van der Waals surface area contributed by atoms with E-state index in [0.29, 0.717) is 0 Å². The fourth-order valence-corrected chi connectivity index (χ4v) is 1.97. The van der Waals surface area contributed by atoms with Gasteiger partial charge in [0.15, 0.2) is 0 Å². The van der Waals surface area contributed by atoms with Crippen molar-refractivity contribution in [3.63, 3.8) is 0 Å². The van der Waals surface area contributed by atoms with E-state index in [0.717, 1.165) is 32.6 Å². The molecule has 0 radical (unpaired) electrons. The van der Waals surface area contributed by atoms with Gasteiger partial charge in [-0.05, 0) is 19.4 Å². The number of hydrogen-bond donors (Lipinski definition) is 1. The van der Waals surface area contributed by atoms with Crippen LogP contribution in [0.2, 0.25) is 0 Å². The van der Waals surface area contributed by atoms with Gasteiger partial charge in [0.05, 0.1) is 18.3 Å². The van der Waals surface area contributed by atoms with Crippen LogP contribution >= 0.6 is 0 Å². The van der Waals surface area contributed by atoms with Crippen molar-refractivity contribution in [3.8, 4) is 0 Å². The van der Waals surface area contributed by atoms with Crippen molar-refractivity contribution < 1.29 is 4.74 Å². The molecule has 1 rings (SSSR count). The first-order valence-corrected chi connectivity index (χ1v) is 6.56. The first kappa shape index (κ1) is 14.2. The predicted octanol–water partition coefficient (Wildman–Crippen LogP) is 2.06. The van der Waals surface area contributed by atoms with E-state index in [1.54, 1.807) is 0 Å². The number of nitrogens with zero attached hydrogens (tertiary/aromatic N) is 2. The number of hydrogen-bond acceptors (Lipinski definition) is 3. The molecule has 4 nitrogen and oxygen atoms in total. The summed E-state index contributed by atoms with van der Waals surface area (Å²) >= 11 is 0. The van der Waals surface area contributed by atoms with Gasteiger partial charge >= 0.3 is 0 Å². The zero-order valence-electron chi connectivity index (χ0n) is 11.5. The molecule has 1 atom stereocenters. The van der Waals surface area contributed by atoms with Crippen LogP contribution in [-0.2, 0) is 18.2 Å². The Morgan fingerprint density at radius 3 is 2.76 bits per heavy atom. The van der Waals surface area contributed by atoms with Crippen LogP contribution in [0.15, 0.2) is 6.20 Å². The lowest BCUT2D eigenvalue weighted by molar-refractivity contribution is 0.112. The second kappa shape index (κ2) is 7.45. The summed E-state index contributed by atoms with van der Waals surface area (Å²) < 4.78 is 7.55. The average Bonchev–Trinajstić information content (AvgIpc) is 2.69. The SMILES string of the molecule is CCCOCC(NCC)c1cn(C)nc1CC. The summed E-state index contributed by atoms with van der Waals surface area (Å²) in [6, 6.07) is 0.259. The van der Waals surface area contributed by atoms with Crippen LogP contribution in [0.3, 0.4) is 0 Å². The van der Waals surface area contributed by atoms with Crippen molar-refractivity contribution in [3.05, 3.63) is 17.5 Å². The maximum absolute atomic E-state index is 5.66. The van der Waals surface area contributed by atoms with Crippen molar-refractivity contribution in [2.45, 2.75) is 39.7 Å². The highest BCUT2D eigenvalue weighted by molar-refractivity contribution is 5.21. The smallest absolute Gasteiger partial charge is 0.0670 e. The molecule has 0 amide bonds. The number of nitrogens with one attached hydrogen (secondary N) is 1. The van der Waals surface area contributed by atoms with Crippen LogP contribution < -0.4 is 5.32 Å². The van der Waals surface area contributed by atoms with Gasteiger partial charge in [-0.15, -0.1) is 0 Å². The largest absolute Gasteiger partial charge is 0.379 e. The fraction of sp³-hybridized carbons (Fsp3) is 0.769. The minimum Gasteiger partial charge on any atom is -0.379 e. The molecule has 0 bridgehead atoms. The molecule has 0 aromatic carbocycles. The monoisotopic (exact) mass is 239 g/mol. The Kier molecular flexibility index (Phi) is 6.22. The Balaban J connectivity index is 2.73. The Labute approximate surface area is 104 Å². The molecule has 0 aliphatic heterocycles. The maximum atomic E-state index is 5.66. The van der Waals surface area contributed by atoms with Gasteiger partial charge < -0.3 is 10.1 Å². The second-order valence-electron chi connectivity index (χ2n) is 4.24.